The van der Waals surface area contributed by atoms with Crippen LogP contribution in [0, 0.1) is 17.0 Å². The number of fused-ring (bicyclic) bond motifs is 1. The number of hydrogen-bond acceptors (Lipinski definition) is 5. The maximum atomic E-state index is 13.0. The van der Waals surface area contributed by atoms with Crippen LogP contribution in [0.3, 0.4) is 0 Å². The van der Waals surface area contributed by atoms with E-state index in [0.29, 0.717) is 21.5 Å². The normalized spacial score (nSPS) is 11.0. The van der Waals surface area contributed by atoms with Gasteiger partial charge < -0.3 is 5.32 Å². The molecule has 4 aromatic rings. The number of amides is 1. The number of carbonyl (C=O) groups is 1. The Morgan fingerprint density at radius 2 is 1.90 bits per heavy atom. The molecule has 0 spiro atoms. The van der Waals surface area contributed by atoms with Crippen molar-refractivity contribution in [2.45, 2.75) is 6.92 Å². The minimum atomic E-state index is -0.546. The third kappa shape index (κ3) is 3.17. The van der Waals surface area contributed by atoms with E-state index < -0.39 is 10.8 Å². The Hall–Kier alpha value is -3.43. The zero-order valence-corrected chi connectivity index (χ0v) is 17.5. The van der Waals surface area contributed by atoms with Crippen LogP contribution in [0.5, 0.6) is 0 Å². The zero-order valence-electron chi connectivity index (χ0n) is 15.9. The molecule has 1 N–H and O–H groups in total. The average molecular weight is 443 g/mol. The molecule has 0 unspecified atom stereocenters. The van der Waals surface area contributed by atoms with Crippen molar-refractivity contribution in [1.82, 2.24) is 9.36 Å². The molecular formula is C20H15ClN4O4S. The number of carbonyl (C=O) groups excluding carboxylic acids is 1. The number of halogens is 1. The molecule has 8 nitrogen and oxygen atoms in total. The van der Waals surface area contributed by atoms with E-state index in [-0.39, 0.29) is 26.8 Å². The molecule has 30 heavy (non-hydrogen) atoms. The van der Waals surface area contributed by atoms with Crippen molar-refractivity contribution in [3.63, 3.8) is 0 Å². The van der Waals surface area contributed by atoms with Gasteiger partial charge in [0.2, 0.25) is 0 Å². The van der Waals surface area contributed by atoms with Crippen molar-refractivity contribution >= 4 is 50.3 Å². The summed E-state index contributed by atoms with van der Waals surface area (Å²) in [5.41, 5.74) is 0.927. The highest BCUT2D eigenvalue weighted by atomic mass is 35.5. The predicted octanol–water partition coefficient (Wildman–Crippen LogP) is 4.51. The van der Waals surface area contributed by atoms with Gasteiger partial charge in [0.15, 0.2) is 0 Å². The molecule has 2 aromatic carbocycles. The first-order valence-corrected chi connectivity index (χ1v) is 10.0. The first kappa shape index (κ1) is 19.9. The standard InChI is InChI=1S/C20H15ClN4O4S/c1-11-17(20(27)24(23(11)2)12-6-4-3-5-7-12)22-19(26)18-16(21)14-9-8-13(25(28)29)10-15(14)30-18/h3-10H,1-2H3,(H,22,26). The largest absolute Gasteiger partial charge is 0.315 e. The minimum Gasteiger partial charge on any atom is -0.315 e. The Bertz CT molecular complexity index is 1370. The fraction of sp³-hybridized carbons (Fsp3) is 0.100. The summed E-state index contributed by atoms with van der Waals surface area (Å²) in [4.78, 5) is 36.6. The van der Waals surface area contributed by atoms with E-state index in [1.165, 1.54) is 22.9 Å². The molecule has 1 amide bonds. The lowest BCUT2D eigenvalue weighted by molar-refractivity contribution is -0.384. The van der Waals surface area contributed by atoms with Gasteiger partial charge >= 0.3 is 0 Å². The molecular weight excluding hydrogens is 428 g/mol. The van der Waals surface area contributed by atoms with E-state index in [4.69, 9.17) is 11.6 Å². The number of para-hydroxylation sites is 1. The van der Waals surface area contributed by atoms with Gasteiger partial charge in [0.1, 0.15) is 10.6 Å². The average Bonchev–Trinajstić information content (AvgIpc) is 3.17. The summed E-state index contributed by atoms with van der Waals surface area (Å²) in [5.74, 6) is -0.546. The van der Waals surface area contributed by atoms with Crippen molar-refractivity contribution in [3.8, 4) is 5.69 Å². The van der Waals surface area contributed by atoms with Crippen molar-refractivity contribution in [1.29, 1.82) is 0 Å². The molecule has 0 saturated carbocycles. The number of nitrogens with one attached hydrogen (secondary N) is 1. The Labute approximate surface area is 179 Å². The summed E-state index contributed by atoms with van der Waals surface area (Å²) in [6.07, 6.45) is 0. The third-order valence-corrected chi connectivity index (χ3v) is 6.48. The van der Waals surface area contributed by atoms with E-state index in [1.807, 2.05) is 18.2 Å². The lowest BCUT2D eigenvalue weighted by atomic mass is 10.2. The van der Waals surface area contributed by atoms with E-state index in [1.54, 1.807) is 30.8 Å². The van der Waals surface area contributed by atoms with Gasteiger partial charge in [-0.15, -0.1) is 11.3 Å². The number of rotatable bonds is 4. The number of nitro benzene ring substituents is 1. The van der Waals surface area contributed by atoms with Gasteiger partial charge in [-0.1, -0.05) is 29.8 Å². The molecule has 0 atom stereocenters. The summed E-state index contributed by atoms with van der Waals surface area (Å²) >= 11 is 7.39. The SMILES string of the molecule is Cc1c(NC(=O)c2sc3cc([N+](=O)[O-])ccc3c2Cl)c(=O)n(-c2ccccc2)n1C. The van der Waals surface area contributed by atoms with Gasteiger partial charge in [-0.05, 0) is 25.1 Å². The second-order valence-electron chi connectivity index (χ2n) is 6.57. The van der Waals surface area contributed by atoms with Crippen LogP contribution in [0.4, 0.5) is 11.4 Å². The van der Waals surface area contributed by atoms with Crippen molar-refractivity contribution in [2.75, 3.05) is 5.32 Å². The van der Waals surface area contributed by atoms with Crippen molar-refractivity contribution in [3.05, 3.63) is 84.6 Å². The molecule has 0 aliphatic rings. The number of aromatic nitrogens is 2. The zero-order chi connectivity index (χ0) is 21.6. The molecule has 0 fully saturated rings. The number of anilines is 1. The maximum Gasteiger partial charge on any atom is 0.295 e. The summed E-state index contributed by atoms with van der Waals surface area (Å²) in [6.45, 7) is 1.73. The molecule has 0 aliphatic carbocycles. The Kier molecular flexibility index (Phi) is 4.92. The lowest BCUT2D eigenvalue weighted by Gasteiger charge is -2.07. The van der Waals surface area contributed by atoms with Crippen molar-refractivity contribution < 1.29 is 9.72 Å². The number of nitrogens with zero attached hydrogens (tertiary/aromatic N) is 3. The number of hydrogen-bond donors (Lipinski definition) is 1. The van der Waals surface area contributed by atoms with Crippen LogP contribution in [0.1, 0.15) is 15.4 Å². The Morgan fingerprint density at radius 3 is 2.57 bits per heavy atom. The van der Waals surface area contributed by atoms with Crippen LogP contribution in [0.15, 0.2) is 53.3 Å². The van der Waals surface area contributed by atoms with E-state index in [0.717, 1.165) is 11.3 Å². The first-order valence-electron chi connectivity index (χ1n) is 8.81. The highest BCUT2D eigenvalue weighted by Crippen LogP contribution is 2.37. The topological polar surface area (TPSA) is 99.2 Å². The molecule has 152 valence electrons. The van der Waals surface area contributed by atoms with Crippen LogP contribution in [-0.2, 0) is 7.05 Å². The summed E-state index contributed by atoms with van der Waals surface area (Å²) < 4.78 is 3.63. The van der Waals surface area contributed by atoms with Crippen molar-refractivity contribution in [2.24, 2.45) is 7.05 Å². The molecule has 4 rings (SSSR count). The van der Waals surface area contributed by atoms with Gasteiger partial charge in [-0.25, -0.2) is 4.68 Å². The highest BCUT2D eigenvalue weighted by Gasteiger charge is 2.23. The van der Waals surface area contributed by atoms with Crippen LogP contribution < -0.4 is 10.9 Å². The summed E-state index contributed by atoms with van der Waals surface area (Å²) in [6, 6.07) is 13.3. The lowest BCUT2D eigenvalue weighted by Crippen LogP contribution is -2.22. The Balaban J connectivity index is 1.74. The van der Waals surface area contributed by atoms with E-state index >= 15 is 0 Å². The van der Waals surface area contributed by atoms with Crippen LogP contribution in [0.25, 0.3) is 15.8 Å². The van der Waals surface area contributed by atoms with Crippen LogP contribution >= 0.6 is 22.9 Å². The van der Waals surface area contributed by atoms with Gasteiger partial charge in [0.05, 0.1) is 21.3 Å². The quantitative estimate of drug-likeness (QED) is 0.371. The highest BCUT2D eigenvalue weighted by molar-refractivity contribution is 7.21. The molecule has 0 radical (unpaired) electrons. The van der Waals surface area contributed by atoms with Gasteiger partial charge in [0.25, 0.3) is 17.2 Å². The predicted molar refractivity (Wildman–Crippen MR) is 117 cm³/mol. The third-order valence-electron chi connectivity index (χ3n) is 4.82. The minimum absolute atomic E-state index is 0.0861. The monoisotopic (exact) mass is 442 g/mol. The van der Waals surface area contributed by atoms with E-state index in [9.17, 15) is 19.7 Å². The first-order chi connectivity index (χ1) is 14.3. The van der Waals surface area contributed by atoms with Gasteiger partial charge in [0, 0.05) is 29.3 Å². The van der Waals surface area contributed by atoms with Gasteiger partial charge in [-0.3, -0.25) is 24.4 Å². The second kappa shape index (κ2) is 7.43. The smallest absolute Gasteiger partial charge is 0.295 e. The summed E-state index contributed by atoms with van der Waals surface area (Å²) in [5, 5.41) is 14.4. The number of nitro groups is 1. The molecule has 0 bridgehead atoms. The number of benzene rings is 2. The molecule has 10 heteroatoms. The fourth-order valence-corrected chi connectivity index (χ4v) is 4.64. The molecule has 0 aliphatic heterocycles. The molecule has 0 saturated heterocycles. The number of non-ortho nitro benzene ring substituents is 1. The Morgan fingerprint density at radius 1 is 1.20 bits per heavy atom. The maximum absolute atomic E-state index is 13.0. The molecule has 2 aromatic heterocycles. The second-order valence-corrected chi connectivity index (χ2v) is 8.00. The van der Waals surface area contributed by atoms with Crippen LogP contribution in [-0.4, -0.2) is 20.2 Å². The summed E-state index contributed by atoms with van der Waals surface area (Å²) in [7, 11) is 1.73. The molecule has 2 heterocycles. The number of thiophene rings is 1. The van der Waals surface area contributed by atoms with Gasteiger partial charge in [-0.2, -0.15) is 0 Å². The fourth-order valence-electron chi connectivity index (χ4n) is 3.20. The van der Waals surface area contributed by atoms with E-state index in [2.05, 4.69) is 5.32 Å². The van der Waals surface area contributed by atoms with Crippen LogP contribution in [0.2, 0.25) is 5.02 Å².